The topological polar surface area (TPSA) is 67.1 Å². The first-order valence-electron chi connectivity index (χ1n) is 6.79. The van der Waals surface area contributed by atoms with Crippen LogP contribution in [0.5, 0.6) is 0 Å². The number of aromatic nitrogens is 2. The zero-order chi connectivity index (χ0) is 12.8. The van der Waals surface area contributed by atoms with Crippen LogP contribution >= 0.6 is 0 Å². The Kier molecular flexibility index (Phi) is 4.75. The van der Waals surface area contributed by atoms with Crippen molar-refractivity contribution in [2.45, 2.75) is 26.2 Å². The third-order valence-electron chi connectivity index (χ3n) is 3.34. The summed E-state index contributed by atoms with van der Waals surface area (Å²) in [6.45, 7) is 6.87. The third-order valence-corrected chi connectivity index (χ3v) is 3.34. The van der Waals surface area contributed by atoms with E-state index in [-0.39, 0.29) is 0 Å². The van der Waals surface area contributed by atoms with E-state index in [4.69, 9.17) is 5.73 Å². The van der Waals surface area contributed by atoms with E-state index >= 15 is 0 Å². The lowest BCUT2D eigenvalue weighted by Crippen LogP contribution is -2.35. The van der Waals surface area contributed by atoms with Crippen LogP contribution in [0.25, 0.3) is 0 Å². The molecule has 2 rings (SSSR count). The number of hydrogen-bond acceptors (Lipinski definition) is 5. The summed E-state index contributed by atoms with van der Waals surface area (Å²) in [4.78, 5) is 2.56. The highest BCUT2D eigenvalue weighted by atomic mass is 15.2. The summed E-state index contributed by atoms with van der Waals surface area (Å²) in [7, 11) is 0. The second kappa shape index (κ2) is 6.54. The van der Waals surface area contributed by atoms with Gasteiger partial charge >= 0.3 is 0 Å². The summed E-state index contributed by atoms with van der Waals surface area (Å²) in [5.41, 5.74) is 5.50. The molecule has 1 aliphatic heterocycles. The molecule has 0 aliphatic carbocycles. The van der Waals surface area contributed by atoms with Gasteiger partial charge in [0.05, 0.1) is 0 Å². The van der Waals surface area contributed by atoms with Gasteiger partial charge in [-0.2, -0.15) is 0 Å². The fourth-order valence-corrected chi connectivity index (χ4v) is 2.36. The summed E-state index contributed by atoms with van der Waals surface area (Å²) in [5, 5.41) is 11.1. The van der Waals surface area contributed by atoms with E-state index in [0.717, 1.165) is 18.9 Å². The quantitative estimate of drug-likeness (QED) is 0.829. The number of nitrogens with two attached hydrogens (primary N) is 1. The molecule has 1 aromatic heterocycles. The van der Waals surface area contributed by atoms with Gasteiger partial charge in [0.2, 0.25) is 0 Å². The first kappa shape index (κ1) is 13.1. The molecule has 0 spiro atoms. The molecule has 0 bridgehead atoms. The Labute approximate surface area is 109 Å². The van der Waals surface area contributed by atoms with E-state index in [0.29, 0.717) is 11.7 Å². The molecule has 1 saturated heterocycles. The highest BCUT2D eigenvalue weighted by Crippen LogP contribution is 2.11. The molecule has 0 aromatic carbocycles. The van der Waals surface area contributed by atoms with Gasteiger partial charge in [-0.3, -0.25) is 0 Å². The number of nitrogens with one attached hydrogen (secondary N) is 1. The predicted molar refractivity (Wildman–Crippen MR) is 74.4 cm³/mol. The molecule has 0 radical (unpaired) electrons. The van der Waals surface area contributed by atoms with Gasteiger partial charge in [-0.15, -0.1) is 10.2 Å². The zero-order valence-corrected chi connectivity index (χ0v) is 11.1. The Morgan fingerprint density at radius 3 is 2.72 bits per heavy atom. The monoisotopic (exact) mass is 249 g/mol. The van der Waals surface area contributed by atoms with Gasteiger partial charge in [-0.05, 0) is 44.0 Å². The first-order chi connectivity index (χ1) is 8.74. The first-order valence-corrected chi connectivity index (χ1v) is 6.79. The molecule has 1 aromatic rings. The van der Waals surface area contributed by atoms with Crippen molar-refractivity contribution < 1.29 is 0 Å². The molecule has 1 aliphatic rings. The lowest BCUT2D eigenvalue weighted by molar-refractivity contribution is 0.204. The van der Waals surface area contributed by atoms with Crippen LogP contribution in [0.3, 0.4) is 0 Å². The Balaban J connectivity index is 1.70. The number of nitrogens with zero attached hydrogens (tertiary/aromatic N) is 3. The SMILES string of the molecule is CC(CNc1ccc(N)nn1)CN1CCCCC1. The van der Waals surface area contributed by atoms with Crippen LogP contribution in [0.4, 0.5) is 11.6 Å². The van der Waals surface area contributed by atoms with E-state index in [1.807, 2.05) is 6.07 Å². The fraction of sp³-hybridized carbons (Fsp3) is 0.692. The van der Waals surface area contributed by atoms with E-state index < -0.39 is 0 Å². The van der Waals surface area contributed by atoms with Crippen molar-refractivity contribution in [2.24, 2.45) is 5.92 Å². The Morgan fingerprint density at radius 2 is 2.06 bits per heavy atom. The van der Waals surface area contributed by atoms with Gasteiger partial charge < -0.3 is 16.0 Å². The molecule has 5 nitrogen and oxygen atoms in total. The van der Waals surface area contributed by atoms with Crippen molar-refractivity contribution in [1.82, 2.24) is 15.1 Å². The summed E-state index contributed by atoms with van der Waals surface area (Å²) in [6, 6.07) is 3.64. The smallest absolute Gasteiger partial charge is 0.148 e. The molecule has 0 saturated carbocycles. The molecule has 1 unspecified atom stereocenters. The predicted octanol–water partition coefficient (Wildman–Crippen LogP) is 1.59. The lowest BCUT2D eigenvalue weighted by Gasteiger charge is -2.29. The maximum atomic E-state index is 5.50. The molecular weight excluding hydrogens is 226 g/mol. The highest BCUT2D eigenvalue weighted by molar-refractivity contribution is 5.38. The van der Waals surface area contributed by atoms with Crippen molar-refractivity contribution in [1.29, 1.82) is 0 Å². The summed E-state index contributed by atoms with van der Waals surface area (Å²) >= 11 is 0. The minimum Gasteiger partial charge on any atom is -0.382 e. The minimum atomic E-state index is 0.460. The largest absolute Gasteiger partial charge is 0.382 e. The molecule has 1 atom stereocenters. The summed E-state index contributed by atoms with van der Waals surface area (Å²) in [5.74, 6) is 1.87. The van der Waals surface area contributed by atoms with Crippen LogP contribution in [0.1, 0.15) is 26.2 Å². The molecular formula is C13H23N5. The van der Waals surface area contributed by atoms with E-state index in [1.165, 1.54) is 32.4 Å². The fourth-order valence-electron chi connectivity index (χ4n) is 2.36. The van der Waals surface area contributed by atoms with Gasteiger partial charge in [0.1, 0.15) is 11.6 Å². The van der Waals surface area contributed by atoms with Crippen molar-refractivity contribution >= 4 is 11.6 Å². The Bertz CT molecular complexity index is 345. The standard InChI is InChI=1S/C13H23N5/c1-11(10-18-7-3-2-4-8-18)9-15-13-6-5-12(14)16-17-13/h5-6,11H,2-4,7-10H2,1H3,(H2,14,16)(H,15,17). The van der Waals surface area contributed by atoms with Gasteiger partial charge in [0.25, 0.3) is 0 Å². The number of nitrogen functional groups attached to an aromatic ring is 1. The third kappa shape index (κ3) is 4.14. The highest BCUT2D eigenvalue weighted by Gasteiger charge is 2.13. The van der Waals surface area contributed by atoms with Crippen molar-refractivity contribution in [3.8, 4) is 0 Å². The molecule has 1 fully saturated rings. The number of hydrogen-bond donors (Lipinski definition) is 2. The van der Waals surface area contributed by atoms with Gasteiger partial charge in [0, 0.05) is 13.1 Å². The van der Waals surface area contributed by atoms with Crippen molar-refractivity contribution in [2.75, 3.05) is 37.2 Å². The van der Waals surface area contributed by atoms with E-state index in [9.17, 15) is 0 Å². The maximum Gasteiger partial charge on any atom is 0.148 e. The second-order valence-corrected chi connectivity index (χ2v) is 5.19. The van der Waals surface area contributed by atoms with Gasteiger partial charge in [-0.25, -0.2) is 0 Å². The average molecular weight is 249 g/mol. The van der Waals surface area contributed by atoms with E-state index in [1.54, 1.807) is 6.07 Å². The van der Waals surface area contributed by atoms with Crippen LogP contribution in [0.2, 0.25) is 0 Å². The lowest BCUT2D eigenvalue weighted by atomic mass is 10.1. The van der Waals surface area contributed by atoms with Crippen LogP contribution in [-0.2, 0) is 0 Å². The van der Waals surface area contributed by atoms with Gasteiger partial charge in [-0.1, -0.05) is 13.3 Å². The molecule has 18 heavy (non-hydrogen) atoms. The van der Waals surface area contributed by atoms with Crippen LogP contribution in [0.15, 0.2) is 12.1 Å². The number of piperidine rings is 1. The Morgan fingerprint density at radius 1 is 1.28 bits per heavy atom. The number of rotatable bonds is 5. The number of anilines is 2. The van der Waals surface area contributed by atoms with Crippen LogP contribution in [0, 0.1) is 5.92 Å². The van der Waals surface area contributed by atoms with Gasteiger partial charge in [0.15, 0.2) is 0 Å². The normalized spacial score (nSPS) is 18.5. The molecule has 5 heteroatoms. The van der Waals surface area contributed by atoms with Crippen molar-refractivity contribution in [3.05, 3.63) is 12.1 Å². The zero-order valence-electron chi connectivity index (χ0n) is 11.1. The maximum absolute atomic E-state index is 5.50. The average Bonchev–Trinajstić information content (AvgIpc) is 2.39. The molecule has 3 N–H and O–H groups in total. The molecule has 0 amide bonds. The summed E-state index contributed by atoms with van der Waals surface area (Å²) in [6.07, 6.45) is 4.09. The molecule has 2 heterocycles. The van der Waals surface area contributed by atoms with E-state index in [2.05, 4.69) is 27.3 Å². The Hall–Kier alpha value is -1.36. The van der Waals surface area contributed by atoms with Crippen LogP contribution in [-0.4, -0.2) is 41.3 Å². The molecule has 100 valence electrons. The van der Waals surface area contributed by atoms with Crippen LogP contribution < -0.4 is 11.1 Å². The summed E-state index contributed by atoms with van der Waals surface area (Å²) < 4.78 is 0. The minimum absolute atomic E-state index is 0.460. The van der Waals surface area contributed by atoms with Crippen molar-refractivity contribution in [3.63, 3.8) is 0 Å². The number of likely N-dealkylation sites (tertiary alicyclic amines) is 1. The second-order valence-electron chi connectivity index (χ2n) is 5.19.